The van der Waals surface area contributed by atoms with E-state index in [1.54, 1.807) is 40.5 Å². The van der Waals surface area contributed by atoms with Gasteiger partial charge in [-0.05, 0) is 35.9 Å². The lowest BCUT2D eigenvalue weighted by Gasteiger charge is -2.17. The van der Waals surface area contributed by atoms with E-state index in [0.29, 0.717) is 36.0 Å². The number of nitriles is 1. The summed E-state index contributed by atoms with van der Waals surface area (Å²) in [5.41, 5.74) is 3.28. The Balaban J connectivity index is 1.39. The molecule has 1 saturated heterocycles. The average Bonchev–Trinajstić information content (AvgIpc) is 3.52. The zero-order valence-corrected chi connectivity index (χ0v) is 18.8. The third-order valence-electron chi connectivity index (χ3n) is 5.85. The Morgan fingerprint density at radius 2 is 2.09 bits per heavy atom. The van der Waals surface area contributed by atoms with E-state index in [2.05, 4.69) is 21.0 Å². The van der Waals surface area contributed by atoms with Crippen LogP contribution in [0.5, 0.6) is 11.6 Å². The SMILES string of the molecule is COc1ncc(-c2ccnc3ccc(O[C@H]4CCN(C(=O)c5cn(C)cn5)C4)cc23)cc1C#N. The Labute approximate surface area is 196 Å². The summed E-state index contributed by atoms with van der Waals surface area (Å²) in [7, 11) is 3.33. The van der Waals surface area contributed by atoms with Gasteiger partial charge in [0.1, 0.15) is 29.2 Å². The molecule has 0 saturated carbocycles. The first-order valence-electron chi connectivity index (χ1n) is 10.8. The smallest absolute Gasteiger partial charge is 0.274 e. The molecule has 9 nitrogen and oxygen atoms in total. The number of pyridine rings is 2. The summed E-state index contributed by atoms with van der Waals surface area (Å²) in [4.78, 5) is 27.3. The van der Waals surface area contributed by atoms with E-state index < -0.39 is 0 Å². The van der Waals surface area contributed by atoms with Crippen LogP contribution in [0.4, 0.5) is 0 Å². The quantitative estimate of drug-likeness (QED) is 0.456. The van der Waals surface area contributed by atoms with Crippen LogP contribution in [0.2, 0.25) is 0 Å². The molecular formula is C25H22N6O3. The molecule has 0 unspecified atom stereocenters. The Hall–Kier alpha value is -4.45. The van der Waals surface area contributed by atoms with Gasteiger partial charge in [-0.2, -0.15) is 5.26 Å². The zero-order chi connectivity index (χ0) is 23.7. The van der Waals surface area contributed by atoms with Crippen molar-refractivity contribution >= 4 is 16.8 Å². The predicted octanol–water partition coefficient (Wildman–Crippen LogP) is 3.20. The number of hydrogen-bond acceptors (Lipinski definition) is 7. The van der Waals surface area contributed by atoms with Gasteiger partial charge in [0, 0.05) is 49.6 Å². The highest BCUT2D eigenvalue weighted by Gasteiger charge is 2.29. The van der Waals surface area contributed by atoms with Crippen LogP contribution in [-0.4, -0.2) is 56.6 Å². The lowest BCUT2D eigenvalue weighted by molar-refractivity contribution is 0.0767. The lowest BCUT2D eigenvalue weighted by atomic mass is 10.0. The first-order chi connectivity index (χ1) is 16.6. The van der Waals surface area contributed by atoms with Gasteiger partial charge in [0.15, 0.2) is 0 Å². The topological polar surface area (TPSA) is 106 Å². The van der Waals surface area contributed by atoms with Gasteiger partial charge in [0.05, 0.1) is 25.5 Å². The van der Waals surface area contributed by atoms with E-state index in [4.69, 9.17) is 9.47 Å². The number of nitrogens with zero attached hydrogens (tertiary/aromatic N) is 6. The van der Waals surface area contributed by atoms with Crippen LogP contribution < -0.4 is 9.47 Å². The average molecular weight is 454 g/mol. The molecule has 4 aromatic rings. The second-order valence-electron chi connectivity index (χ2n) is 8.13. The maximum Gasteiger partial charge on any atom is 0.274 e. The number of ether oxygens (including phenoxy) is 2. The third kappa shape index (κ3) is 4.01. The van der Waals surface area contributed by atoms with Gasteiger partial charge in [-0.15, -0.1) is 0 Å². The Bertz CT molecular complexity index is 1420. The summed E-state index contributed by atoms with van der Waals surface area (Å²) in [6, 6.07) is 11.5. The van der Waals surface area contributed by atoms with Crippen LogP contribution in [0.25, 0.3) is 22.0 Å². The summed E-state index contributed by atoms with van der Waals surface area (Å²) in [5, 5.41) is 10.3. The number of carbonyl (C=O) groups excluding carboxylic acids is 1. The summed E-state index contributed by atoms with van der Waals surface area (Å²) >= 11 is 0. The van der Waals surface area contributed by atoms with E-state index in [1.165, 1.54) is 7.11 Å². The summed E-state index contributed by atoms with van der Waals surface area (Å²) in [6.45, 7) is 1.12. The van der Waals surface area contributed by atoms with Crippen molar-refractivity contribution in [2.45, 2.75) is 12.5 Å². The van der Waals surface area contributed by atoms with Gasteiger partial charge in [0.25, 0.3) is 5.91 Å². The Kier molecular flexibility index (Phi) is 5.55. The Morgan fingerprint density at radius 3 is 2.85 bits per heavy atom. The van der Waals surface area contributed by atoms with Crippen LogP contribution >= 0.6 is 0 Å². The minimum absolute atomic E-state index is 0.0861. The molecule has 0 spiro atoms. The summed E-state index contributed by atoms with van der Waals surface area (Å²) < 4.78 is 13.2. The molecule has 1 aliphatic rings. The molecule has 5 rings (SSSR count). The third-order valence-corrected chi connectivity index (χ3v) is 5.85. The van der Waals surface area contributed by atoms with Crippen molar-refractivity contribution in [3.8, 4) is 28.8 Å². The molecule has 4 heterocycles. The van der Waals surface area contributed by atoms with Crippen molar-refractivity contribution in [1.82, 2.24) is 24.4 Å². The monoisotopic (exact) mass is 454 g/mol. The second kappa shape index (κ2) is 8.83. The number of aromatic nitrogens is 4. The fourth-order valence-electron chi connectivity index (χ4n) is 4.18. The van der Waals surface area contributed by atoms with Crippen molar-refractivity contribution in [2.24, 2.45) is 7.05 Å². The molecule has 0 aliphatic carbocycles. The van der Waals surface area contributed by atoms with Crippen molar-refractivity contribution in [3.63, 3.8) is 0 Å². The largest absolute Gasteiger partial charge is 0.488 e. The second-order valence-corrected chi connectivity index (χ2v) is 8.13. The minimum Gasteiger partial charge on any atom is -0.488 e. The van der Waals surface area contributed by atoms with Gasteiger partial charge in [-0.3, -0.25) is 9.78 Å². The molecule has 0 radical (unpaired) electrons. The number of aryl methyl sites for hydroxylation is 1. The molecule has 9 heteroatoms. The molecule has 1 atom stereocenters. The number of benzene rings is 1. The van der Waals surface area contributed by atoms with E-state index >= 15 is 0 Å². The van der Waals surface area contributed by atoms with E-state index in [0.717, 1.165) is 28.5 Å². The highest BCUT2D eigenvalue weighted by atomic mass is 16.5. The summed E-state index contributed by atoms with van der Waals surface area (Å²) in [6.07, 6.45) is 7.38. The molecule has 1 amide bonds. The maximum absolute atomic E-state index is 12.7. The molecule has 3 aromatic heterocycles. The molecule has 0 bridgehead atoms. The molecule has 170 valence electrons. The Morgan fingerprint density at radius 1 is 1.21 bits per heavy atom. The van der Waals surface area contributed by atoms with Crippen LogP contribution in [0.1, 0.15) is 22.5 Å². The van der Waals surface area contributed by atoms with Crippen molar-refractivity contribution in [2.75, 3.05) is 20.2 Å². The van der Waals surface area contributed by atoms with Crippen LogP contribution in [-0.2, 0) is 7.05 Å². The van der Waals surface area contributed by atoms with Crippen molar-refractivity contribution in [1.29, 1.82) is 5.26 Å². The normalized spacial score (nSPS) is 15.3. The number of hydrogen-bond donors (Lipinski definition) is 0. The number of rotatable bonds is 5. The van der Waals surface area contributed by atoms with Crippen molar-refractivity contribution in [3.05, 3.63) is 66.5 Å². The van der Waals surface area contributed by atoms with Gasteiger partial charge in [0.2, 0.25) is 5.88 Å². The van der Waals surface area contributed by atoms with Crippen molar-refractivity contribution < 1.29 is 14.3 Å². The molecule has 34 heavy (non-hydrogen) atoms. The van der Waals surface area contributed by atoms with Gasteiger partial charge in [-0.25, -0.2) is 9.97 Å². The van der Waals surface area contributed by atoms with Gasteiger partial charge >= 0.3 is 0 Å². The molecule has 1 aliphatic heterocycles. The molecular weight excluding hydrogens is 432 g/mol. The fraction of sp³-hybridized carbons (Fsp3) is 0.240. The van der Waals surface area contributed by atoms with E-state index in [1.807, 2.05) is 31.3 Å². The highest BCUT2D eigenvalue weighted by Crippen LogP contribution is 2.32. The van der Waals surface area contributed by atoms with E-state index in [9.17, 15) is 10.1 Å². The molecule has 1 fully saturated rings. The molecule has 1 aromatic carbocycles. The zero-order valence-electron chi connectivity index (χ0n) is 18.8. The standard InChI is InChI=1S/C25H22N6O3/c1-30-14-23(29-15-30)25(32)31-8-6-19(13-31)34-18-3-4-22-21(10-18)20(5-7-27-22)17-9-16(11-26)24(33-2)28-12-17/h3-5,7,9-10,12,14-15,19H,6,8,13H2,1-2H3/t19-/m0/s1. The highest BCUT2D eigenvalue weighted by molar-refractivity contribution is 5.95. The first-order valence-corrected chi connectivity index (χ1v) is 10.8. The number of likely N-dealkylation sites (tertiary alicyclic amines) is 1. The van der Waals surface area contributed by atoms with Crippen LogP contribution in [0.3, 0.4) is 0 Å². The number of amides is 1. The van der Waals surface area contributed by atoms with E-state index in [-0.39, 0.29) is 12.0 Å². The van der Waals surface area contributed by atoms with Crippen LogP contribution in [0, 0.1) is 11.3 Å². The fourth-order valence-corrected chi connectivity index (χ4v) is 4.18. The summed E-state index contributed by atoms with van der Waals surface area (Å²) in [5.74, 6) is 0.900. The lowest BCUT2D eigenvalue weighted by Crippen LogP contribution is -2.31. The minimum atomic E-state index is -0.113. The maximum atomic E-state index is 12.7. The van der Waals surface area contributed by atoms with Gasteiger partial charge in [-0.1, -0.05) is 0 Å². The first kappa shape index (κ1) is 21.4. The molecule has 0 N–H and O–H groups in total. The number of carbonyl (C=O) groups is 1. The number of imidazole rings is 1. The van der Waals surface area contributed by atoms with Gasteiger partial charge < -0.3 is 18.9 Å². The number of methoxy groups -OCH3 is 1. The van der Waals surface area contributed by atoms with Crippen LogP contribution in [0.15, 0.2) is 55.2 Å². The predicted molar refractivity (Wildman–Crippen MR) is 124 cm³/mol. The number of fused-ring (bicyclic) bond motifs is 1.